The second-order valence-electron chi connectivity index (χ2n) is 6.10. The summed E-state index contributed by atoms with van der Waals surface area (Å²) in [6, 6.07) is 12.6. The van der Waals surface area contributed by atoms with Crippen LogP contribution >= 0.6 is 0 Å². The van der Waals surface area contributed by atoms with Crippen LogP contribution in [0.15, 0.2) is 42.5 Å². The lowest BCUT2D eigenvalue weighted by atomic mass is 10.2. The van der Waals surface area contributed by atoms with Crippen molar-refractivity contribution in [1.82, 2.24) is 0 Å². The van der Waals surface area contributed by atoms with Crippen LogP contribution in [0.25, 0.3) is 0 Å². The van der Waals surface area contributed by atoms with Crippen molar-refractivity contribution in [3.63, 3.8) is 0 Å². The van der Waals surface area contributed by atoms with Gasteiger partial charge in [-0.25, -0.2) is 0 Å². The molecule has 1 N–H and O–H groups in total. The smallest absolute Gasteiger partial charge is 0.310 e. The highest BCUT2D eigenvalue weighted by atomic mass is 16.7. The van der Waals surface area contributed by atoms with Crippen LogP contribution in [0.4, 0.5) is 5.69 Å². The van der Waals surface area contributed by atoms with E-state index in [2.05, 4.69) is 5.32 Å². The van der Waals surface area contributed by atoms with Gasteiger partial charge in [0.05, 0.1) is 13.0 Å². The minimum Gasteiger partial charge on any atom is -0.493 e. The SMILES string of the molecule is Cc1cccc(OCCC(=O)O[C@@H](C)C(=O)Nc2ccc3c(c2)OCO3)c1. The Morgan fingerprint density at radius 2 is 1.96 bits per heavy atom. The van der Waals surface area contributed by atoms with Crippen molar-refractivity contribution in [3.05, 3.63) is 48.0 Å². The van der Waals surface area contributed by atoms with Gasteiger partial charge in [0.15, 0.2) is 17.6 Å². The number of hydrogen-bond acceptors (Lipinski definition) is 6. The van der Waals surface area contributed by atoms with E-state index in [0.717, 1.165) is 5.56 Å². The van der Waals surface area contributed by atoms with E-state index in [1.807, 2.05) is 31.2 Å². The molecule has 1 amide bonds. The van der Waals surface area contributed by atoms with Gasteiger partial charge in [-0.3, -0.25) is 9.59 Å². The van der Waals surface area contributed by atoms with Crippen LogP contribution in [0.1, 0.15) is 18.9 Å². The third-order valence-electron chi connectivity index (χ3n) is 3.88. The van der Waals surface area contributed by atoms with E-state index in [9.17, 15) is 9.59 Å². The van der Waals surface area contributed by atoms with Crippen LogP contribution in [0.5, 0.6) is 17.2 Å². The van der Waals surface area contributed by atoms with Gasteiger partial charge >= 0.3 is 5.97 Å². The molecule has 7 nitrogen and oxygen atoms in total. The molecular weight excluding hydrogens is 350 g/mol. The van der Waals surface area contributed by atoms with Crippen molar-refractivity contribution >= 4 is 17.6 Å². The third-order valence-corrected chi connectivity index (χ3v) is 3.88. The third kappa shape index (κ3) is 5.13. The fourth-order valence-electron chi connectivity index (χ4n) is 2.49. The molecule has 1 atom stereocenters. The summed E-state index contributed by atoms with van der Waals surface area (Å²) in [4.78, 5) is 24.1. The summed E-state index contributed by atoms with van der Waals surface area (Å²) in [5.74, 6) is 0.945. The molecule has 2 aromatic rings. The number of benzene rings is 2. The number of rotatable bonds is 7. The van der Waals surface area contributed by atoms with E-state index in [1.165, 1.54) is 6.92 Å². The van der Waals surface area contributed by atoms with Gasteiger partial charge in [-0.1, -0.05) is 12.1 Å². The molecule has 0 aliphatic carbocycles. The minimum atomic E-state index is -0.929. The van der Waals surface area contributed by atoms with E-state index in [1.54, 1.807) is 18.2 Å². The van der Waals surface area contributed by atoms with E-state index in [-0.39, 0.29) is 19.8 Å². The Balaban J connectivity index is 1.42. The van der Waals surface area contributed by atoms with E-state index < -0.39 is 18.0 Å². The fraction of sp³-hybridized carbons (Fsp3) is 0.300. The Labute approximate surface area is 157 Å². The van der Waals surface area contributed by atoms with Gasteiger partial charge in [-0.05, 0) is 43.7 Å². The molecule has 0 spiro atoms. The molecule has 0 unspecified atom stereocenters. The van der Waals surface area contributed by atoms with Crippen molar-refractivity contribution in [2.24, 2.45) is 0 Å². The zero-order chi connectivity index (χ0) is 19.2. The van der Waals surface area contributed by atoms with Crippen molar-refractivity contribution < 1.29 is 28.5 Å². The zero-order valence-corrected chi connectivity index (χ0v) is 15.2. The first-order valence-corrected chi connectivity index (χ1v) is 8.61. The number of nitrogens with one attached hydrogen (secondary N) is 1. The van der Waals surface area contributed by atoms with Gasteiger partial charge in [-0.2, -0.15) is 0 Å². The van der Waals surface area contributed by atoms with E-state index in [4.69, 9.17) is 18.9 Å². The van der Waals surface area contributed by atoms with Gasteiger partial charge < -0.3 is 24.3 Å². The largest absolute Gasteiger partial charge is 0.493 e. The van der Waals surface area contributed by atoms with Gasteiger partial charge in [0.25, 0.3) is 5.91 Å². The minimum absolute atomic E-state index is 0.0512. The van der Waals surface area contributed by atoms with Gasteiger partial charge in [0.2, 0.25) is 6.79 Å². The first-order valence-electron chi connectivity index (χ1n) is 8.61. The highest BCUT2D eigenvalue weighted by molar-refractivity contribution is 5.95. The Morgan fingerprint density at radius 3 is 2.78 bits per heavy atom. The highest BCUT2D eigenvalue weighted by Crippen LogP contribution is 2.34. The molecule has 27 heavy (non-hydrogen) atoms. The number of carbonyl (C=O) groups is 2. The van der Waals surface area contributed by atoms with Crippen molar-refractivity contribution in [2.45, 2.75) is 26.4 Å². The molecule has 0 fully saturated rings. The summed E-state index contributed by atoms with van der Waals surface area (Å²) in [6.45, 7) is 3.81. The number of amides is 1. The van der Waals surface area contributed by atoms with Crippen LogP contribution in [0.2, 0.25) is 0 Å². The van der Waals surface area contributed by atoms with Crippen LogP contribution in [-0.4, -0.2) is 31.4 Å². The average molecular weight is 371 g/mol. The lowest BCUT2D eigenvalue weighted by Gasteiger charge is -2.14. The molecule has 0 saturated carbocycles. The summed E-state index contributed by atoms with van der Waals surface area (Å²) < 4.78 is 21.1. The topological polar surface area (TPSA) is 83.1 Å². The maximum absolute atomic E-state index is 12.2. The maximum atomic E-state index is 12.2. The quantitative estimate of drug-likeness (QED) is 0.753. The summed E-state index contributed by atoms with van der Waals surface area (Å²) >= 11 is 0. The maximum Gasteiger partial charge on any atom is 0.310 e. The number of ether oxygens (including phenoxy) is 4. The molecule has 0 aromatic heterocycles. The molecule has 0 bridgehead atoms. The van der Waals surface area contributed by atoms with Crippen molar-refractivity contribution in [1.29, 1.82) is 0 Å². The van der Waals surface area contributed by atoms with Gasteiger partial charge in [0.1, 0.15) is 5.75 Å². The Bertz CT molecular complexity index is 835. The van der Waals surface area contributed by atoms with Gasteiger partial charge in [0, 0.05) is 11.8 Å². The Kier molecular flexibility index (Phi) is 5.80. The summed E-state index contributed by atoms with van der Waals surface area (Å²) in [5, 5.41) is 2.68. The highest BCUT2D eigenvalue weighted by Gasteiger charge is 2.19. The average Bonchev–Trinajstić information content (AvgIpc) is 3.09. The Hall–Kier alpha value is -3.22. The molecule has 7 heteroatoms. The van der Waals surface area contributed by atoms with Crippen LogP contribution in [-0.2, 0) is 14.3 Å². The molecule has 0 radical (unpaired) electrons. The molecule has 142 valence electrons. The first kappa shape index (κ1) is 18.6. The monoisotopic (exact) mass is 371 g/mol. The predicted octanol–water partition coefficient (Wildman–Crippen LogP) is 3.06. The second-order valence-corrected chi connectivity index (χ2v) is 6.10. The first-order chi connectivity index (χ1) is 13.0. The second kappa shape index (κ2) is 8.44. The lowest BCUT2D eigenvalue weighted by molar-refractivity contribution is -0.153. The standard InChI is InChI=1S/C20H21NO6/c1-13-4-3-5-16(10-13)24-9-8-19(22)27-14(2)20(23)21-15-6-7-17-18(11-15)26-12-25-17/h3-7,10-11,14H,8-9,12H2,1-2H3,(H,21,23)/t14-/m0/s1. The Morgan fingerprint density at radius 1 is 1.15 bits per heavy atom. The van der Waals surface area contributed by atoms with Crippen molar-refractivity contribution in [2.75, 3.05) is 18.7 Å². The van der Waals surface area contributed by atoms with Crippen LogP contribution in [0, 0.1) is 6.92 Å². The number of esters is 1. The molecular formula is C20H21NO6. The lowest BCUT2D eigenvalue weighted by Crippen LogP contribution is -2.30. The number of aryl methyl sites for hydroxylation is 1. The number of anilines is 1. The van der Waals surface area contributed by atoms with Gasteiger partial charge in [-0.15, -0.1) is 0 Å². The summed E-state index contributed by atoms with van der Waals surface area (Å²) in [6.07, 6.45) is -0.878. The molecule has 1 aliphatic heterocycles. The molecule has 1 aliphatic rings. The molecule has 2 aromatic carbocycles. The zero-order valence-electron chi connectivity index (χ0n) is 15.2. The normalized spacial score (nSPS) is 13.0. The number of fused-ring (bicyclic) bond motifs is 1. The van der Waals surface area contributed by atoms with Crippen LogP contribution in [0.3, 0.4) is 0 Å². The number of carbonyl (C=O) groups excluding carboxylic acids is 2. The van der Waals surface area contributed by atoms with Crippen molar-refractivity contribution in [3.8, 4) is 17.2 Å². The predicted molar refractivity (Wildman–Crippen MR) is 98.0 cm³/mol. The van der Waals surface area contributed by atoms with Crippen LogP contribution < -0.4 is 19.5 Å². The van der Waals surface area contributed by atoms with E-state index in [0.29, 0.717) is 22.9 Å². The number of hydrogen-bond donors (Lipinski definition) is 1. The van der Waals surface area contributed by atoms with E-state index >= 15 is 0 Å². The summed E-state index contributed by atoms with van der Waals surface area (Å²) in [5.41, 5.74) is 1.61. The summed E-state index contributed by atoms with van der Waals surface area (Å²) in [7, 11) is 0. The molecule has 1 heterocycles. The molecule has 0 saturated heterocycles. The molecule has 3 rings (SSSR count). The fourth-order valence-corrected chi connectivity index (χ4v) is 2.49.